The molecule has 0 unspecified atom stereocenters. The minimum Gasteiger partial charge on any atom is -0.329 e. The van der Waals surface area contributed by atoms with E-state index in [9.17, 15) is 0 Å². The Bertz CT molecular complexity index is 101. The molecule has 0 radical (unpaired) electrons. The molecule has 4 heteroatoms. The molecule has 0 aliphatic heterocycles. The maximum Gasteiger partial charge on any atom is 0.225 e. The smallest absolute Gasteiger partial charge is 0.225 e. The standard InChI is InChI=1S/C8H17Cl2OP/c1-3-4-5-6-7-8(2)11-12(9)10/h8H,3-7H2,1-2H3/t8-/m1/s1. The first-order valence-corrected chi connectivity index (χ1v) is 7.52. The normalized spacial score (nSPS) is 13.8. The molecule has 0 amide bonds. The summed E-state index contributed by atoms with van der Waals surface area (Å²) in [6, 6.07) is 0. The Morgan fingerprint density at radius 2 is 1.92 bits per heavy atom. The van der Waals surface area contributed by atoms with Crippen LogP contribution in [0.15, 0.2) is 0 Å². The van der Waals surface area contributed by atoms with Crippen LogP contribution in [0.4, 0.5) is 0 Å². The zero-order valence-corrected chi connectivity index (χ0v) is 10.1. The van der Waals surface area contributed by atoms with Crippen molar-refractivity contribution in [3.05, 3.63) is 0 Å². The van der Waals surface area contributed by atoms with Gasteiger partial charge in [-0.15, -0.1) is 0 Å². The third-order valence-corrected chi connectivity index (χ3v) is 2.72. The highest BCUT2D eigenvalue weighted by atomic mass is 35.9. The van der Waals surface area contributed by atoms with E-state index < -0.39 is 6.85 Å². The topological polar surface area (TPSA) is 9.23 Å². The third kappa shape index (κ3) is 9.06. The summed E-state index contributed by atoms with van der Waals surface area (Å²) in [6.45, 7) is 3.01. The largest absolute Gasteiger partial charge is 0.329 e. The van der Waals surface area contributed by atoms with Crippen molar-refractivity contribution in [2.45, 2.75) is 52.1 Å². The quantitative estimate of drug-likeness (QED) is 0.439. The van der Waals surface area contributed by atoms with Gasteiger partial charge in [0.1, 0.15) is 0 Å². The Kier molecular flexibility index (Phi) is 9.26. The highest BCUT2D eigenvalue weighted by Crippen LogP contribution is 2.49. The second kappa shape index (κ2) is 8.56. The number of rotatable bonds is 7. The first kappa shape index (κ1) is 13.0. The maximum absolute atomic E-state index is 5.52. The summed E-state index contributed by atoms with van der Waals surface area (Å²) in [5.41, 5.74) is 0. The van der Waals surface area contributed by atoms with Gasteiger partial charge >= 0.3 is 0 Å². The molecular formula is C8H17Cl2OP. The first-order chi connectivity index (χ1) is 5.66. The monoisotopic (exact) mass is 230 g/mol. The van der Waals surface area contributed by atoms with Gasteiger partial charge in [0.15, 0.2) is 0 Å². The Balaban J connectivity index is 3.14. The van der Waals surface area contributed by atoms with Crippen molar-refractivity contribution in [1.29, 1.82) is 0 Å². The summed E-state index contributed by atoms with van der Waals surface area (Å²) in [6.07, 6.45) is 6.36. The van der Waals surface area contributed by atoms with E-state index in [1.54, 1.807) is 0 Å². The minimum atomic E-state index is -1.22. The van der Waals surface area contributed by atoms with Crippen LogP contribution < -0.4 is 0 Å². The van der Waals surface area contributed by atoms with Crippen LogP contribution in [0.5, 0.6) is 0 Å². The Morgan fingerprint density at radius 1 is 1.25 bits per heavy atom. The van der Waals surface area contributed by atoms with Gasteiger partial charge in [0.2, 0.25) is 6.85 Å². The SMILES string of the molecule is CCCCCC[C@@H](C)OP(Cl)Cl. The number of unbranched alkanes of at least 4 members (excludes halogenated alkanes) is 3. The molecule has 0 fully saturated rings. The summed E-state index contributed by atoms with van der Waals surface area (Å²) < 4.78 is 5.23. The van der Waals surface area contributed by atoms with Crippen LogP contribution in [-0.4, -0.2) is 6.10 Å². The van der Waals surface area contributed by atoms with Gasteiger partial charge < -0.3 is 4.52 Å². The lowest BCUT2D eigenvalue weighted by atomic mass is 10.1. The van der Waals surface area contributed by atoms with E-state index in [2.05, 4.69) is 6.92 Å². The summed E-state index contributed by atoms with van der Waals surface area (Å²) >= 11 is 11.0. The molecular weight excluding hydrogens is 214 g/mol. The van der Waals surface area contributed by atoms with E-state index in [1.807, 2.05) is 6.92 Å². The molecule has 12 heavy (non-hydrogen) atoms. The fourth-order valence-corrected chi connectivity index (χ4v) is 2.24. The highest BCUT2D eigenvalue weighted by molar-refractivity contribution is 8.00. The van der Waals surface area contributed by atoms with Gasteiger partial charge in [-0.25, -0.2) is 0 Å². The second-order valence-electron chi connectivity index (χ2n) is 2.97. The van der Waals surface area contributed by atoms with Crippen LogP contribution in [0.2, 0.25) is 0 Å². The predicted octanol–water partition coefficient (Wildman–Crippen LogP) is 5.07. The molecule has 0 aliphatic carbocycles. The van der Waals surface area contributed by atoms with Gasteiger partial charge in [-0.05, 0) is 35.8 Å². The molecule has 0 aromatic rings. The lowest BCUT2D eigenvalue weighted by molar-refractivity contribution is 0.239. The average Bonchev–Trinajstić information content (AvgIpc) is 1.97. The molecule has 0 rings (SSSR count). The van der Waals surface area contributed by atoms with Crippen molar-refractivity contribution in [3.63, 3.8) is 0 Å². The van der Waals surface area contributed by atoms with Crippen LogP contribution in [0.1, 0.15) is 46.0 Å². The molecule has 0 bridgehead atoms. The molecule has 0 saturated heterocycles. The number of halogens is 2. The van der Waals surface area contributed by atoms with Gasteiger partial charge in [-0.1, -0.05) is 32.6 Å². The van der Waals surface area contributed by atoms with Crippen LogP contribution in [-0.2, 0) is 4.52 Å². The van der Waals surface area contributed by atoms with E-state index in [4.69, 9.17) is 27.0 Å². The van der Waals surface area contributed by atoms with Crippen molar-refractivity contribution in [2.75, 3.05) is 0 Å². The summed E-state index contributed by atoms with van der Waals surface area (Å²) in [7, 11) is 0. The highest BCUT2D eigenvalue weighted by Gasteiger charge is 2.07. The molecule has 74 valence electrons. The van der Waals surface area contributed by atoms with E-state index in [0.717, 1.165) is 6.42 Å². The molecule has 0 aromatic carbocycles. The minimum absolute atomic E-state index is 0.211. The van der Waals surface area contributed by atoms with Crippen LogP contribution in [0, 0.1) is 0 Å². The summed E-state index contributed by atoms with van der Waals surface area (Å²) in [5, 5.41) is 0. The zero-order chi connectivity index (χ0) is 9.40. The Labute approximate surface area is 86.2 Å². The number of hydrogen-bond acceptors (Lipinski definition) is 1. The van der Waals surface area contributed by atoms with Crippen LogP contribution in [0.25, 0.3) is 0 Å². The maximum atomic E-state index is 5.52. The summed E-state index contributed by atoms with van der Waals surface area (Å²) in [5.74, 6) is 0. The second-order valence-corrected chi connectivity index (χ2v) is 5.94. The molecule has 0 aromatic heterocycles. The molecule has 0 spiro atoms. The van der Waals surface area contributed by atoms with Crippen molar-refractivity contribution < 1.29 is 4.52 Å². The zero-order valence-electron chi connectivity index (χ0n) is 7.72. The molecule has 0 aliphatic rings. The molecule has 1 nitrogen and oxygen atoms in total. The third-order valence-electron chi connectivity index (χ3n) is 1.72. The van der Waals surface area contributed by atoms with Gasteiger partial charge in [0, 0.05) is 0 Å². The molecule has 0 heterocycles. The fraction of sp³-hybridized carbons (Fsp3) is 1.00. The van der Waals surface area contributed by atoms with E-state index in [1.165, 1.54) is 25.7 Å². The van der Waals surface area contributed by atoms with E-state index in [0.29, 0.717) is 0 Å². The van der Waals surface area contributed by atoms with Crippen LogP contribution >= 0.6 is 29.3 Å². The fourth-order valence-electron chi connectivity index (χ4n) is 1.05. The Hall–Kier alpha value is 0.970. The van der Waals surface area contributed by atoms with Crippen molar-refractivity contribution >= 4 is 29.3 Å². The molecule has 1 atom stereocenters. The Morgan fingerprint density at radius 3 is 2.42 bits per heavy atom. The van der Waals surface area contributed by atoms with E-state index >= 15 is 0 Å². The van der Waals surface area contributed by atoms with Crippen molar-refractivity contribution in [2.24, 2.45) is 0 Å². The van der Waals surface area contributed by atoms with Gasteiger partial charge in [0.25, 0.3) is 0 Å². The van der Waals surface area contributed by atoms with Gasteiger partial charge in [0.05, 0.1) is 6.10 Å². The van der Waals surface area contributed by atoms with Gasteiger partial charge in [-0.3, -0.25) is 0 Å². The van der Waals surface area contributed by atoms with E-state index in [-0.39, 0.29) is 6.10 Å². The van der Waals surface area contributed by atoms with Crippen molar-refractivity contribution in [3.8, 4) is 0 Å². The predicted molar refractivity (Wildman–Crippen MR) is 57.9 cm³/mol. The molecule has 0 N–H and O–H groups in total. The number of hydrogen-bond donors (Lipinski definition) is 0. The van der Waals surface area contributed by atoms with Crippen molar-refractivity contribution in [1.82, 2.24) is 0 Å². The van der Waals surface area contributed by atoms with Gasteiger partial charge in [-0.2, -0.15) is 0 Å². The molecule has 0 saturated carbocycles. The average molecular weight is 231 g/mol. The van der Waals surface area contributed by atoms with Crippen LogP contribution in [0.3, 0.4) is 0 Å². The first-order valence-electron chi connectivity index (χ1n) is 4.45. The summed E-state index contributed by atoms with van der Waals surface area (Å²) in [4.78, 5) is 0. The lowest BCUT2D eigenvalue weighted by Crippen LogP contribution is -2.01. The lowest BCUT2D eigenvalue weighted by Gasteiger charge is -2.11.